The summed E-state index contributed by atoms with van der Waals surface area (Å²) in [5, 5.41) is 11.4. The van der Waals surface area contributed by atoms with Gasteiger partial charge in [0.1, 0.15) is 5.78 Å². The number of fused-ring (bicyclic) bond motifs is 5. The van der Waals surface area contributed by atoms with Crippen LogP contribution in [0.15, 0.2) is 0 Å². The van der Waals surface area contributed by atoms with Gasteiger partial charge in [-0.3, -0.25) is 4.79 Å². The van der Waals surface area contributed by atoms with E-state index in [4.69, 9.17) is 0 Å². The van der Waals surface area contributed by atoms with Crippen molar-refractivity contribution in [3.63, 3.8) is 0 Å². The fourth-order valence-corrected chi connectivity index (χ4v) is 9.68. The van der Waals surface area contributed by atoms with Gasteiger partial charge in [0.25, 0.3) is 0 Å². The summed E-state index contributed by atoms with van der Waals surface area (Å²) in [6.45, 7) is 14.8. The number of Topliss-reactive ketones (excluding diaryl/α,β-unsaturated/α-hetero) is 1. The van der Waals surface area contributed by atoms with Gasteiger partial charge in [0.15, 0.2) is 0 Å². The van der Waals surface area contributed by atoms with Crippen LogP contribution < -0.4 is 0 Å². The molecule has 0 aromatic carbocycles. The number of rotatable bonds is 6. The van der Waals surface area contributed by atoms with E-state index in [-0.39, 0.29) is 11.5 Å². The van der Waals surface area contributed by atoms with Gasteiger partial charge in [-0.2, -0.15) is 0 Å². The van der Waals surface area contributed by atoms with Gasteiger partial charge in [0.05, 0.1) is 6.10 Å². The van der Waals surface area contributed by atoms with E-state index in [0.717, 1.165) is 49.4 Å². The van der Waals surface area contributed by atoms with Crippen molar-refractivity contribution in [2.75, 3.05) is 0 Å². The summed E-state index contributed by atoms with van der Waals surface area (Å²) in [6, 6.07) is 0. The van der Waals surface area contributed by atoms with Crippen LogP contribution in [0.3, 0.4) is 0 Å². The number of aliphatic hydroxyl groups excluding tert-OH is 1. The molecule has 31 heavy (non-hydrogen) atoms. The number of ketones is 1. The first-order valence-corrected chi connectivity index (χ1v) is 13.8. The van der Waals surface area contributed by atoms with E-state index in [1.54, 1.807) is 0 Å². The van der Waals surface area contributed by atoms with Crippen molar-refractivity contribution in [3.05, 3.63) is 0 Å². The van der Waals surface area contributed by atoms with E-state index in [2.05, 4.69) is 41.5 Å². The second kappa shape index (κ2) is 8.77. The highest BCUT2D eigenvalue weighted by molar-refractivity contribution is 5.79. The number of hydrogen-bond acceptors (Lipinski definition) is 2. The van der Waals surface area contributed by atoms with Gasteiger partial charge in [-0.1, -0.05) is 54.4 Å². The molecule has 0 aromatic rings. The van der Waals surface area contributed by atoms with Crippen molar-refractivity contribution in [3.8, 4) is 0 Å². The highest BCUT2D eigenvalue weighted by atomic mass is 16.3. The Kier molecular flexibility index (Phi) is 6.73. The predicted octanol–water partition coefficient (Wildman–Crippen LogP) is 7.28. The van der Waals surface area contributed by atoms with E-state index in [0.29, 0.717) is 34.9 Å². The van der Waals surface area contributed by atoms with Crippen molar-refractivity contribution in [1.82, 2.24) is 0 Å². The third-order valence-corrected chi connectivity index (χ3v) is 11.7. The van der Waals surface area contributed by atoms with E-state index in [9.17, 15) is 9.90 Å². The molecule has 2 nitrogen and oxygen atoms in total. The Labute approximate surface area is 192 Å². The highest BCUT2D eigenvalue weighted by Crippen LogP contribution is 2.68. The zero-order valence-corrected chi connectivity index (χ0v) is 21.3. The Bertz CT molecular complexity index is 655. The molecule has 0 amide bonds. The molecule has 9 unspecified atom stereocenters. The lowest BCUT2D eigenvalue weighted by molar-refractivity contribution is -0.169. The Hall–Kier alpha value is -0.370. The van der Waals surface area contributed by atoms with Crippen molar-refractivity contribution in [1.29, 1.82) is 0 Å². The molecule has 0 radical (unpaired) electrons. The molecule has 0 bridgehead atoms. The number of carbonyl (C=O) groups excluding carboxylic acids is 1. The molecule has 0 aromatic heterocycles. The van der Waals surface area contributed by atoms with Crippen LogP contribution in [0, 0.1) is 58.2 Å². The standard InChI is InChI=1S/C29H50O2/c1-7-20(18(2)3)9-8-19(4)23-10-11-24-27-25(13-15-29(23,24)6)28(5)14-12-22(30)16-21(28)17-26(27)31/h18-21,23-27,31H,7-17H2,1-6H3/t19-,20?,21?,23?,24?,25?,26?,27?,28?,29?/m1/s1. The lowest BCUT2D eigenvalue weighted by Gasteiger charge is -2.62. The highest BCUT2D eigenvalue weighted by Gasteiger charge is 2.62. The summed E-state index contributed by atoms with van der Waals surface area (Å²) in [5.41, 5.74) is 0.698. The van der Waals surface area contributed by atoms with Crippen LogP contribution in [0.1, 0.15) is 112 Å². The monoisotopic (exact) mass is 430 g/mol. The number of hydrogen-bond donors (Lipinski definition) is 1. The molecule has 4 aliphatic rings. The minimum Gasteiger partial charge on any atom is -0.393 e. The van der Waals surface area contributed by atoms with Crippen LogP contribution in [0.5, 0.6) is 0 Å². The summed E-state index contributed by atoms with van der Waals surface area (Å²) in [6.07, 6.45) is 12.7. The van der Waals surface area contributed by atoms with Gasteiger partial charge in [-0.05, 0) is 103 Å². The minimum absolute atomic E-state index is 0.182. The van der Waals surface area contributed by atoms with Crippen LogP contribution in [-0.4, -0.2) is 17.0 Å². The Morgan fingerprint density at radius 2 is 1.71 bits per heavy atom. The lowest BCUT2D eigenvalue weighted by Crippen LogP contribution is -2.58. The summed E-state index contributed by atoms with van der Waals surface area (Å²) in [4.78, 5) is 12.2. The molecule has 4 aliphatic carbocycles. The van der Waals surface area contributed by atoms with Gasteiger partial charge >= 0.3 is 0 Å². The molecule has 178 valence electrons. The summed E-state index contributed by atoms with van der Waals surface area (Å²) in [5.74, 6) is 5.96. The molecule has 2 heteroatoms. The third-order valence-electron chi connectivity index (χ3n) is 11.7. The molecule has 0 heterocycles. The molecule has 4 fully saturated rings. The van der Waals surface area contributed by atoms with Crippen LogP contribution in [0.4, 0.5) is 0 Å². The topological polar surface area (TPSA) is 37.3 Å². The van der Waals surface area contributed by atoms with Gasteiger partial charge in [-0.25, -0.2) is 0 Å². The second-order valence-corrected chi connectivity index (χ2v) is 13.2. The van der Waals surface area contributed by atoms with Gasteiger partial charge < -0.3 is 5.11 Å². The Morgan fingerprint density at radius 3 is 2.39 bits per heavy atom. The predicted molar refractivity (Wildman–Crippen MR) is 129 cm³/mol. The molecule has 1 N–H and O–H groups in total. The first-order valence-electron chi connectivity index (χ1n) is 13.8. The second-order valence-electron chi connectivity index (χ2n) is 13.2. The molecular weight excluding hydrogens is 380 g/mol. The van der Waals surface area contributed by atoms with E-state index >= 15 is 0 Å². The lowest BCUT2D eigenvalue weighted by atomic mass is 9.44. The van der Waals surface area contributed by atoms with Crippen molar-refractivity contribution < 1.29 is 9.90 Å². The smallest absolute Gasteiger partial charge is 0.133 e. The Morgan fingerprint density at radius 1 is 1.00 bits per heavy atom. The van der Waals surface area contributed by atoms with Crippen molar-refractivity contribution >= 4 is 5.78 Å². The number of aliphatic hydroxyl groups is 1. The first kappa shape index (κ1) is 23.8. The first-order chi connectivity index (χ1) is 14.6. The quantitative estimate of drug-likeness (QED) is 0.480. The zero-order chi connectivity index (χ0) is 22.6. The molecule has 10 atom stereocenters. The van der Waals surface area contributed by atoms with Gasteiger partial charge in [0, 0.05) is 12.8 Å². The fourth-order valence-electron chi connectivity index (χ4n) is 9.68. The summed E-state index contributed by atoms with van der Waals surface area (Å²) < 4.78 is 0. The summed E-state index contributed by atoms with van der Waals surface area (Å²) in [7, 11) is 0. The van der Waals surface area contributed by atoms with Gasteiger partial charge in [0.2, 0.25) is 0 Å². The molecule has 4 saturated carbocycles. The SMILES string of the molecule is CCC(CC[C@@H](C)C1CCC2C3C(O)CC4CC(=O)CCC4(C)C3CCC21C)C(C)C. The maximum atomic E-state index is 12.2. The molecule has 0 aliphatic heterocycles. The molecule has 0 saturated heterocycles. The van der Waals surface area contributed by atoms with Crippen LogP contribution in [-0.2, 0) is 4.79 Å². The third kappa shape index (κ3) is 3.95. The number of carbonyl (C=O) groups is 1. The van der Waals surface area contributed by atoms with E-state index < -0.39 is 0 Å². The average molecular weight is 431 g/mol. The van der Waals surface area contributed by atoms with Crippen molar-refractivity contribution in [2.24, 2.45) is 58.2 Å². The molecular formula is C29H50O2. The maximum absolute atomic E-state index is 12.2. The Balaban J connectivity index is 1.49. The normalized spacial score (nSPS) is 46.9. The fraction of sp³-hybridized carbons (Fsp3) is 0.966. The minimum atomic E-state index is -0.182. The van der Waals surface area contributed by atoms with Gasteiger partial charge in [-0.15, -0.1) is 0 Å². The zero-order valence-electron chi connectivity index (χ0n) is 21.3. The van der Waals surface area contributed by atoms with Crippen molar-refractivity contribution in [2.45, 2.75) is 118 Å². The molecule has 0 spiro atoms. The average Bonchev–Trinajstić information content (AvgIpc) is 3.06. The van der Waals surface area contributed by atoms with Crippen LogP contribution in [0.25, 0.3) is 0 Å². The maximum Gasteiger partial charge on any atom is 0.133 e. The van der Waals surface area contributed by atoms with E-state index in [1.165, 1.54) is 44.9 Å². The van der Waals surface area contributed by atoms with E-state index in [1.807, 2.05) is 0 Å². The largest absolute Gasteiger partial charge is 0.393 e. The van der Waals surface area contributed by atoms with Crippen LogP contribution >= 0.6 is 0 Å². The van der Waals surface area contributed by atoms with Crippen LogP contribution in [0.2, 0.25) is 0 Å². The molecule has 4 rings (SSSR count). The summed E-state index contributed by atoms with van der Waals surface area (Å²) >= 11 is 0.